The van der Waals surface area contributed by atoms with Crippen LogP contribution in [0.3, 0.4) is 0 Å². The summed E-state index contributed by atoms with van der Waals surface area (Å²) in [6.45, 7) is 2.28. The molecule has 2 unspecified atom stereocenters. The van der Waals surface area contributed by atoms with Gasteiger partial charge in [0.15, 0.2) is 0 Å². The molecule has 2 amide bonds. The number of aliphatic hydroxyl groups excluding tert-OH is 1. The topological polar surface area (TPSA) is 178 Å². The van der Waals surface area contributed by atoms with Gasteiger partial charge in [0.25, 0.3) is 5.91 Å². The zero-order valence-corrected chi connectivity index (χ0v) is 18.1. The van der Waals surface area contributed by atoms with E-state index in [-0.39, 0.29) is 35.8 Å². The first kappa shape index (κ1) is 25.3. The average Bonchev–Trinajstić information content (AvgIpc) is 2.81. The smallest absolute Gasteiger partial charge is 0.433 e. The van der Waals surface area contributed by atoms with Crippen molar-refractivity contribution >= 4 is 29.5 Å². The number of benzene rings is 1. The molecular formula is C22H25N3O8. The molecule has 0 heterocycles. The van der Waals surface area contributed by atoms with Gasteiger partial charge in [0.1, 0.15) is 12.4 Å². The van der Waals surface area contributed by atoms with Crippen LogP contribution in [-0.4, -0.2) is 58.6 Å². The maximum Gasteiger partial charge on any atom is 0.433 e. The van der Waals surface area contributed by atoms with Crippen molar-refractivity contribution in [2.75, 3.05) is 13.2 Å². The number of aliphatic hydroxyl groups is 1. The van der Waals surface area contributed by atoms with Crippen LogP contribution in [0.25, 0.3) is 0 Å². The van der Waals surface area contributed by atoms with E-state index in [2.05, 4.69) is 10.3 Å². The van der Waals surface area contributed by atoms with E-state index in [9.17, 15) is 24.3 Å². The van der Waals surface area contributed by atoms with Gasteiger partial charge in [0, 0.05) is 12.0 Å². The molecule has 176 valence electrons. The quantitative estimate of drug-likeness (QED) is 0.311. The number of nitrogens with one attached hydrogen (secondary N) is 1. The molecule has 1 aliphatic carbocycles. The number of carboxylic acids is 1. The lowest BCUT2D eigenvalue weighted by atomic mass is 9.94. The highest BCUT2D eigenvalue weighted by Gasteiger charge is 2.51. The summed E-state index contributed by atoms with van der Waals surface area (Å²) in [6, 6.07) is 7.74. The monoisotopic (exact) mass is 459 g/mol. The molecule has 11 nitrogen and oxygen atoms in total. The van der Waals surface area contributed by atoms with Crippen molar-refractivity contribution < 1.29 is 38.9 Å². The Hall–Kier alpha value is -3.99. The molecule has 0 aliphatic heterocycles. The van der Waals surface area contributed by atoms with Gasteiger partial charge in [-0.25, -0.2) is 9.59 Å². The molecule has 2 rings (SSSR count). The van der Waals surface area contributed by atoms with Crippen LogP contribution in [-0.2, 0) is 19.1 Å². The number of nitrogens with two attached hydrogens (primary N) is 1. The molecule has 2 atom stereocenters. The molecule has 1 aromatic rings. The van der Waals surface area contributed by atoms with Crippen molar-refractivity contribution in [3.8, 4) is 0 Å². The van der Waals surface area contributed by atoms with Crippen molar-refractivity contribution in [1.29, 1.82) is 0 Å². The summed E-state index contributed by atoms with van der Waals surface area (Å²) in [6.07, 6.45) is 1.37. The molecule has 33 heavy (non-hydrogen) atoms. The minimum absolute atomic E-state index is 0.00746. The minimum Gasteiger partial charge on any atom is -0.476 e. The van der Waals surface area contributed by atoms with Gasteiger partial charge < -0.3 is 25.4 Å². The normalized spacial score (nSPS) is 18.4. The third-order valence-corrected chi connectivity index (χ3v) is 4.70. The second-order valence-corrected chi connectivity index (χ2v) is 6.93. The molecule has 1 aliphatic rings. The number of hydrogen-bond donors (Lipinski definition) is 4. The molecule has 0 spiro atoms. The number of carbonyl (C=O) groups is 4. The number of nitrogens with zero attached hydrogens (tertiary/aromatic N) is 1. The molecule has 11 heteroatoms. The second kappa shape index (κ2) is 11.0. The lowest BCUT2D eigenvalue weighted by Gasteiger charge is -2.33. The molecule has 0 aromatic heterocycles. The van der Waals surface area contributed by atoms with Crippen molar-refractivity contribution in [3.05, 3.63) is 59.5 Å². The van der Waals surface area contributed by atoms with Crippen LogP contribution < -0.4 is 11.1 Å². The largest absolute Gasteiger partial charge is 0.476 e. The van der Waals surface area contributed by atoms with Crippen LogP contribution >= 0.6 is 0 Å². The summed E-state index contributed by atoms with van der Waals surface area (Å²) >= 11 is 0. The lowest BCUT2D eigenvalue weighted by Crippen LogP contribution is -2.62. The van der Waals surface area contributed by atoms with Gasteiger partial charge in [-0.1, -0.05) is 25.1 Å². The number of carboxylic acid groups (broad SMARTS) is 1. The zero-order valence-electron chi connectivity index (χ0n) is 18.1. The first-order chi connectivity index (χ1) is 15.7. The van der Waals surface area contributed by atoms with E-state index in [0.29, 0.717) is 0 Å². The molecule has 0 saturated heterocycles. The first-order valence-electron chi connectivity index (χ1n) is 10.0. The molecule has 0 bridgehead atoms. The number of aliphatic carboxylic acids is 1. The summed E-state index contributed by atoms with van der Waals surface area (Å²) < 4.78 is 10.3. The fraction of sp³-hybridized carbons (Fsp3) is 0.318. The van der Waals surface area contributed by atoms with Crippen LogP contribution in [0.5, 0.6) is 0 Å². The SMILES string of the molecule is CCC(=O)C(NC(=O)c1ccccc1)(OC1=CC=C(N)C(=NC(=O)OCCO)C1C)C(=O)O. The van der Waals surface area contributed by atoms with Gasteiger partial charge >= 0.3 is 17.8 Å². The fourth-order valence-electron chi connectivity index (χ4n) is 2.95. The van der Waals surface area contributed by atoms with Crippen molar-refractivity contribution in [1.82, 2.24) is 5.32 Å². The predicted molar refractivity (Wildman–Crippen MR) is 116 cm³/mol. The van der Waals surface area contributed by atoms with Crippen LogP contribution in [0, 0.1) is 5.92 Å². The van der Waals surface area contributed by atoms with Gasteiger partial charge in [-0.2, -0.15) is 4.99 Å². The fourth-order valence-corrected chi connectivity index (χ4v) is 2.95. The van der Waals surface area contributed by atoms with E-state index in [1.54, 1.807) is 18.2 Å². The summed E-state index contributed by atoms with van der Waals surface area (Å²) in [5, 5.41) is 20.9. The average molecular weight is 459 g/mol. The molecule has 5 N–H and O–H groups in total. The van der Waals surface area contributed by atoms with Gasteiger partial charge in [0.05, 0.1) is 23.9 Å². The highest BCUT2D eigenvalue weighted by molar-refractivity contribution is 6.11. The first-order valence-corrected chi connectivity index (χ1v) is 10.0. The third kappa shape index (κ3) is 5.83. The summed E-state index contributed by atoms with van der Waals surface area (Å²) in [5.74, 6) is -4.41. The Bertz CT molecular complexity index is 1020. The standard InChI is InChI=1S/C22H25N3O8/c1-3-17(27)22(20(29)30,25-19(28)14-7-5-4-6-8-14)33-16-10-9-15(23)18(13(16)2)24-21(31)32-12-11-26/h4-10,13,26H,3,11-12,23H2,1-2H3,(H,25,28)(H,29,30). The highest BCUT2D eigenvalue weighted by Crippen LogP contribution is 2.28. The van der Waals surface area contributed by atoms with Gasteiger partial charge in [-0.3, -0.25) is 14.9 Å². The Morgan fingerprint density at radius 1 is 1.18 bits per heavy atom. The Kier molecular flexibility index (Phi) is 8.46. The third-order valence-electron chi connectivity index (χ3n) is 4.70. The number of allylic oxidation sites excluding steroid dienone is 4. The number of aliphatic imine (C=N–C) groups is 1. The van der Waals surface area contributed by atoms with E-state index in [4.69, 9.17) is 20.3 Å². The van der Waals surface area contributed by atoms with Crippen molar-refractivity contribution in [2.24, 2.45) is 16.6 Å². The van der Waals surface area contributed by atoms with Crippen molar-refractivity contribution in [2.45, 2.75) is 26.0 Å². The van der Waals surface area contributed by atoms with Crippen LogP contribution in [0.4, 0.5) is 4.79 Å². The number of Topliss-reactive ketones (excluding diaryl/α,β-unsaturated/α-hetero) is 1. The molecule has 0 fully saturated rings. The number of hydrogen-bond acceptors (Lipinski definition) is 8. The van der Waals surface area contributed by atoms with Gasteiger partial charge in [0.2, 0.25) is 5.78 Å². The van der Waals surface area contributed by atoms with E-state index < -0.39 is 42.0 Å². The summed E-state index contributed by atoms with van der Waals surface area (Å²) in [5.41, 5.74) is 3.38. The van der Waals surface area contributed by atoms with E-state index in [1.807, 2.05) is 0 Å². The Balaban J connectivity index is 2.42. The van der Waals surface area contributed by atoms with Crippen LogP contribution in [0.2, 0.25) is 0 Å². The Morgan fingerprint density at radius 2 is 1.85 bits per heavy atom. The van der Waals surface area contributed by atoms with Gasteiger partial charge in [-0.05, 0) is 31.2 Å². The van der Waals surface area contributed by atoms with Gasteiger partial charge in [-0.15, -0.1) is 0 Å². The van der Waals surface area contributed by atoms with Crippen LogP contribution in [0.15, 0.2) is 58.9 Å². The maximum absolute atomic E-state index is 12.7. The number of ether oxygens (including phenoxy) is 2. The number of rotatable bonds is 9. The van der Waals surface area contributed by atoms with E-state index in [1.165, 1.54) is 38.1 Å². The van der Waals surface area contributed by atoms with Crippen molar-refractivity contribution in [3.63, 3.8) is 0 Å². The predicted octanol–water partition coefficient (Wildman–Crippen LogP) is 1.14. The maximum atomic E-state index is 12.7. The van der Waals surface area contributed by atoms with Crippen LogP contribution in [0.1, 0.15) is 30.6 Å². The lowest BCUT2D eigenvalue weighted by molar-refractivity contribution is -0.171. The highest BCUT2D eigenvalue weighted by atomic mass is 16.6. The molecule has 0 saturated carbocycles. The van der Waals surface area contributed by atoms with E-state index in [0.717, 1.165) is 0 Å². The Labute approximate surface area is 189 Å². The minimum atomic E-state index is -2.73. The summed E-state index contributed by atoms with van der Waals surface area (Å²) in [4.78, 5) is 53.3. The number of carbonyl (C=O) groups excluding carboxylic acids is 3. The molecule has 0 radical (unpaired) electrons. The molecule has 1 aromatic carbocycles. The van der Waals surface area contributed by atoms with E-state index >= 15 is 0 Å². The second-order valence-electron chi connectivity index (χ2n) is 6.93. The number of amides is 2. The number of ketones is 1. The molecular weight excluding hydrogens is 434 g/mol. The Morgan fingerprint density at radius 3 is 2.42 bits per heavy atom. The summed E-state index contributed by atoms with van der Waals surface area (Å²) in [7, 11) is 0. The zero-order chi connectivity index (χ0) is 24.6.